The molecule has 122 valence electrons. The molecule has 1 aromatic carbocycles. The fourth-order valence-corrected chi connectivity index (χ4v) is 2.07. The molecule has 2 aromatic rings. The Balaban J connectivity index is 2.21. The molecule has 23 heavy (non-hydrogen) atoms. The van der Waals surface area contributed by atoms with Crippen molar-refractivity contribution >= 4 is 11.6 Å². The van der Waals surface area contributed by atoms with Gasteiger partial charge in [-0.1, -0.05) is 0 Å². The SMILES string of the molecule is COc1ccc(NC(=O)C(C)n2cc(F)ccc2=O)cc1OC. The van der Waals surface area contributed by atoms with E-state index in [2.05, 4.69) is 5.32 Å². The topological polar surface area (TPSA) is 69.6 Å². The number of amides is 1. The third-order valence-electron chi connectivity index (χ3n) is 3.35. The maximum atomic E-state index is 13.3. The smallest absolute Gasteiger partial charge is 0.251 e. The number of nitrogens with zero attached hydrogens (tertiary/aromatic N) is 1. The largest absolute Gasteiger partial charge is 0.493 e. The Morgan fingerprint density at radius 1 is 1.17 bits per heavy atom. The van der Waals surface area contributed by atoms with E-state index < -0.39 is 23.3 Å². The summed E-state index contributed by atoms with van der Waals surface area (Å²) < 4.78 is 24.6. The average molecular weight is 320 g/mol. The quantitative estimate of drug-likeness (QED) is 0.917. The van der Waals surface area contributed by atoms with Crippen LogP contribution in [0.15, 0.2) is 41.3 Å². The molecule has 1 amide bonds. The van der Waals surface area contributed by atoms with Gasteiger partial charge in [-0.05, 0) is 25.1 Å². The highest BCUT2D eigenvalue weighted by atomic mass is 19.1. The molecule has 0 bridgehead atoms. The molecule has 1 aromatic heterocycles. The second kappa shape index (κ2) is 6.95. The first-order valence-electron chi connectivity index (χ1n) is 6.87. The standard InChI is InChI=1S/C16H17FN2O4/c1-10(19-9-11(17)4-7-15(19)20)16(21)18-12-5-6-13(22-2)14(8-12)23-3/h4-10H,1-3H3,(H,18,21). The average Bonchev–Trinajstić information content (AvgIpc) is 2.56. The van der Waals surface area contributed by atoms with Crippen molar-refractivity contribution in [2.75, 3.05) is 19.5 Å². The van der Waals surface area contributed by atoms with Crippen LogP contribution in [0.4, 0.5) is 10.1 Å². The Hall–Kier alpha value is -2.83. The van der Waals surface area contributed by atoms with Gasteiger partial charge < -0.3 is 19.4 Å². The fourth-order valence-electron chi connectivity index (χ4n) is 2.07. The molecule has 1 N–H and O–H groups in total. The Morgan fingerprint density at radius 3 is 2.52 bits per heavy atom. The zero-order chi connectivity index (χ0) is 17.0. The number of rotatable bonds is 5. The van der Waals surface area contributed by atoms with Crippen molar-refractivity contribution in [3.8, 4) is 11.5 Å². The molecule has 0 saturated heterocycles. The molecule has 1 heterocycles. The number of aromatic nitrogens is 1. The molecule has 0 aliphatic carbocycles. The number of ether oxygens (including phenoxy) is 2. The molecule has 0 aliphatic rings. The van der Waals surface area contributed by atoms with E-state index in [0.29, 0.717) is 17.2 Å². The lowest BCUT2D eigenvalue weighted by Gasteiger charge is -2.16. The summed E-state index contributed by atoms with van der Waals surface area (Å²) in [4.78, 5) is 24.0. The molecule has 0 radical (unpaired) electrons. The molecular formula is C16H17FN2O4. The second-order valence-corrected chi connectivity index (χ2v) is 4.83. The van der Waals surface area contributed by atoms with E-state index in [1.165, 1.54) is 21.1 Å². The van der Waals surface area contributed by atoms with Gasteiger partial charge in [0.05, 0.1) is 14.2 Å². The minimum absolute atomic E-state index is 0.454. The van der Waals surface area contributed by atoms with E-state index in [9.17, 15) is 14.0 Å². The van der Waals surface area contributed by atoms with Gasteiger partial charge in [-0.15, -0.1) is 0 Å². The van der Waals surface area contributed by atoms with Crippen molar-refractivity contribution in [3.63, 3.8) is 0 Å². The van der Waals surface area contributed by atoms with Crippen LogP contribution in [0.25, 0.3) is 0 Å². The van der Waals surface area contributed by atoms with Gasteiger partial charge in [0.2, 0.25) is 5.91 Å². The molecule has 7 heteroatoms. The van der Waals surface area contributed by atoms with Crippen LogP contribution in [0.1, 0.15) is 13.0 Å². The van der Waals surface area contributed by atoms with Crippen molar-refractivity contribution in [1.82, 2.24) is 4.57 Å². The van der Waals surface area contributed by atoms with Crippen LogP contribution in [0, 0.1) is 5.82 Å². The van der Waals surface area contributed by atoms with Crippen molar-refractivity contribution in [3.05, 3.63) is 52.7 Å². The fraction of sp³-hybridized carbons (Fsp3) is 0.250. The van der Waals surface area contributed by atoms with Gasteiger partial charge in [-0.25, -0.2) is 4.39 Å². The lowest BCUT2D eigenvalue weighted by Crippen LogP contribution is -2.31. The minimum atomic E-state index is -0.869. The van der Waals surface area contributed by atoms with E-state index >= 15 is 0 Å². The molecule has 0 fully saturated rings. The number of methoxy groups -OCH3 is 2. The van der Waals surface area contributed by atoms with Crippen LogP contribution in [0.3, 0.4) is 0 Å². The summed E-state index contributed by atoms with van der Waals surface area (Å²) >= 11 is 0. The van der Waals surface area contributed by atoms with Gasteiger partial charge in [0.25, 0.3) is 5.56 Å². The number of carbonyl (C=O) groups excluding carboxylic acids is 1. The second-order valence-electron chi connectivity index (χ2n) is 4.83. The van der Waals surface area contributed by atoms with E-state index in [0.717, 1.165) is 22.9 Å². The molecule has 1 unspecified atom stereocenters. The number of carbonyl (C=O) groups is 1. The summed E-state index contributed by atoms with van der Waals surface area (Å²) in [5.74, 6) is -0.0546. The maximum Gasteiger partial charge on any atom is 0.251 e. The number of halogens is 1. The Labute approximate surface area is 132 Å². The summed E-state index contributed by atoms with van der Waals surface area (Å²) in [6, 6.07) is 6.14. The highest BCUT2D eigenvalue weighted by Gasteiger charge is 2.17. The minimum Gasteiger partial charge on any atom is -0.493 e. The lowest BCUT2D eigenvalue weighted by atomic mass is 10.2. The first-order chi connectivity index (χ1) is 11.0. The Kier molecular flexibility index (Phi) is 5.00. The summed E-state index contributed by atoms with van der Waals surface area (Å²) in [5.41, 5.74) is 0.0188. The van der Waals surface area contributed by atoms with Crippen LogP contribution >= 0.6 is 0 Å². The highest BCUT2D eigenvalue weighted by Crippen LogP contribution is 2.29. The van der Waals surface area contributed by atoms with E-state index in [1.807, 2.05) is 0 Å². The third-order valence-corrected chi connectivity index (χ3v) is 3.35. The van der Waals surface area contributed by atoms with Crippen molar-refractivity contribution < 1.29 is 18.7 Å². The van der Waals surface area contributed by atoms with Crippen LogP contribution in [0.5, 0.6) is 11.5 Å². The molecule has 1 atom stereocenters. The van der Waals surface area contributed by atoms with Gasteiger partial charge in [0, 0.05) is 24.0 Å². The van der Waals surface area contributed by atoms with Crippen molar-refractivity contribution in [2.45, 2.75) is 13.0 Å². The highest BCUT2D eigenvalue weighted by molar-refractivity contribution is 5.93. The normalized spacial score (nSPS) is 11.7. The summed E-state index contributed by atoms with van der Waals surface area (Å²) in [5, 5.41) is 2.66. The third kappa shape index (κ3) is 3.68. The van der Waals surface area contributed by atoms with E-state index in [-0.39, 0.29) is 0 Å². The van der Waals surface area contributed by atoms with Gasteiger partial charge in [-0.2, -0.15) is 0 Å². The zero-order valence-electron chi connectivity index (χ0n) is 13.0. The number of pyridine rings is 1. The molecule has 0 aliphatic heterocycles. The number of anilines is 1. The van der Waals surface area contributed by atoms with Gasteiger partial charge in [0.15, 0.2) is 11.5 Å². The summed E-state index contributed by atoms with van der Waals surface area (Å²) in [6.45, 7) is 1.51. The monoisotopic (exact) mass is 320 g/mol. The first-order valence-corrected chi connectivity index (χ1v) is 6.87. The molecule has 6 nitrogen and oxygen atoms in total. The first kappa shape index (κ1) is 16.5. The van der Waals surface area contributed by atoms with Crippen molar-refractivity contribution in [2.24, 2.45) is 0 Å². The maximum absolute atomic E-state index is 13.3. The van der Waals surface area contributed by atoms with Crippen LogP contribution in [-0.2, 0) is 4.79 Å². The van der Waals surface area contributed by atoms with E-state index in [4.69, 9.17) is 9.47 Å². The van der Waals surface area contributed by atoms with Gasteiger partial charge >= 0.3 is 0 Å². The summed E-state index contributed by atoms with van der Waals surface area (Å²) in [7, 11) is 2.99. The van der Waals surface area contributed by atoms with Crippen molar-refractivity contribution in [1.29, 1.82) is 0 Å². The zero-order valence-corrected chi connectivity index (χ0v) is 13.0. The number of benzene rings is 1. The van der Waals surface area contributed by atoms with Gasteiger partial charge in [0.1, 0.15) is 11.9 Å². The molecule has 0 saturated carbocycles. The van der Waals surface area contributed by atoms with Gasteiger partial charge in [-0.3, -0.25) is 9.59 Å². The number of hydrogen-bond acceptors (Lipinski definition) is 4. The number of nitrogens with one attached hydrogen (secondary N) is 1. The lowest BCUT2D eigenvalue weighted by molar-refractivity contribution is -0.118. The number of hydrogen-bond donors (Lipinski definition) is 1. The molecule has 0 spiro atoms. The molecule has 2 rings (SSSR count). The van der Waals surface area contributed by atoms with Crippen LogP contribution < -0.4 is 20.3 Å². The predicted octanol–water partition coefficient (Wildman–Crippen LogP) is 2.20. The Bertz CT molecular complexity index is 773. The molecular weight excluding hydrogens is 303 g/mol. The summed E-state index contributed by atoms with van der Waals surface area (Å²) in [6.07, 6.45) is 1.00. The van der Waals surface area contributed by atoms with E-state index in [1.54, 1.807) is 18.2 Å². The predicted molar refractivity (Wildman–Crippen MR) is 83.5 cm³/mol. The van der Waals surface area contributed by atoms with Crippen LogP contribution in [-0.4, -0.2) is 24.7 Å². The van der Waals surface area contributed by atoms with Crippen LogP contribution in [0.2, 0.25) is 0 Å². The Morgan fingerprint density at radius 2 is 1.87 bits per heavy atom.